The number of aryl methyl sites for hydroxylation is 1. The van der Waals surface area contributed by atoms with Gasteiger partial charge in [-0.25, -0.2) is 4.98 Å². The van der Waals surface area contributed by atoms with E-state index in [1.807, 2.05) is 22.7 Å². The van der Waals surface area contributed by atoms with Crippen LogP contribution in [0.5, 0.6) is 0 Å². The molecule has 1 saturated heterocycles. The van der Waals surface area contributed by atoms with Crippen molar-refractivity contribution < 1.29 is 9.90 Å². The monoisotopic (exact) mass is 333 g/mol. The molecule has 0 bridgehead atoms. The van der Waals surface area contributed by atoms with Gasteiger partial charge in [-0.05, 0) is 43.9 Å². The van der Waals surface area contributed by atoms with Gasteiger partial charge in [0.15, 0.2) is 0 Å². The maximum atomic E-state index is 12.9. The van der Waals surface area contributed by atoms with Crippen LogP contribution in [0.25, 0.3) is 0 Å². The van der Waals surface area contributed by atoms with Crippen LogP contribution in [0.15, 0.2) is 12.4 Å². The molecule has 1 aromatic heterocycles. The number of aliphatic hydroxyl groups excluding tert-OH is 1. The Morgan fingerprint density at radius 2 is 2.04 bits per heavy atom. The average molecular weight is 333 g/mol. The molecule has 2 heterocycles. The van der Waals surface area contributed by atoms with Gasteiger partial charge in [0.05, 0.1) is 0 Å². The number of rotatable bonds is 3. The normalized spacial score (nSPS) is 26.3. The minimum atomic E-state index is -0.592. The number of hydrogen-bond donors (Lipinski definition) is 1. The molecule has 24 heavy (non-hydrogen) atoms. The van der Waals surface area contributed by atoms with Gasteiger partial charge >= 0.3 is 0 Å². The lowest BCUT2D eigenvalue weighted by molar-refractivity contribution is -0.140. The fourth-order valence-electron chi connectivity index (χ4n) is 4.25. The fourth-order valence-corrected chi connectivity index (χ4v) is 4.25. The first-order valence-electron chi connectivity index (χ1n) is 9.31. The number of aromatic nitrogens is 2. The number of likely N-dealkylation sites (tertiary alicyclic amines) is 1. The Bertz CT molecular complexity index is 571. The average Bonchev–Trinajstić information content (AvgIpc) is 3.00. The molecule has 0 aromatic carbocycles. The summed E-state index contributed by atoms with van der Waals surface area (Å²) < 4.78 is 1.87. The lowest BCUT2D eigenvalue weighted by Gasteiger charge is -2.39. The summed E-state index contributed by atoms with van der Waals surface area (Å²) in [6.45, 7) is 6.09. The summed E-state index contributed by atoms with van der Waals surface area (Å²) in [5.74, 6) is 1.28. The number of imidazole rings is 1. The number of amides is 1. The predicted octanol–water partition coefficient (Wildman–Crippen LogP) is 2.91. The van der Waals surface area contributed by atoms with Gasteiger partial charge in [0.2, 0.25) is 5.91 Å². The molecule has 1 aromatic rings. The third kappa shape index (κ3) is 3.66. The van der Waals surface area contributed by atoms with Gasteiger partial charge in [-0.3, -0.25) is 4.79 Å². The zero-order valence-corrected chi connectivity index (χ0v) is 15.2. The summed E-state index contributed by atoms with van der Waals surface area (Å²) in [6.07, 6.45) is 9.19. The summed E-state index contributed by atoms with van der Waals surface area (Å²) in [7, 11) is 1.90. The van der Waals surface area contributed by atoms with Crippen molar-refractivity contribution in [1.82, 2.24) is 14.5 Å². The van der Waals surface area contributed by atoms with E-state index in [0.717, 1.165) is 45.1 Å². The van der Waals surface area contributed by atoms with Crippen LogP contribution in [0, 0.1) is 17.3 Å². The molecule has 5 nitrogen and oxygen atoms in total. The Kier molecular flexibility index (Phi) is 5.00. The molecule has 2 aliphatic rings. The van der Waals surface area contributed by atoms with Crippen molar-refractivity contribution in [3.63, 3.8) is 0 Å². The van der Waals surface area contributed by atoms with Gasteiger partial charge in [-0.2, -0.15) is 0 Å². The van der Waals surface area contributed by atoms with Gasteiger partial charge < -0.3 is 14.6 Å². The lowest BCUT2D eigenvalue weighted by Crippen LogP contribution is -2.45. The summed E-state index contributed by atoms with van der Waals surface area (Å²) >= 11 is 0. The van der Waals surface area contributed by atoms with Crippen LogP contribution in [-0.2, 0) is 11.8 Å². The molecule has 5 heteroatoms. The Hall–Kier alpha value is -1.36. The minimum Gasteiger partial charge on any atom is -0.385 e. The first-order chi connectivity index (χ1) is 11.4. The third-order valence-electron chi connectivity index (χ3n) is 6.03. The highest BCUT2D eigenvalue weighted by molar-refractivity contribution is 5.79. The van der Waals surface area contributed by atoms with Crippen molar-refractivity contribution in [2.75, 3.05) is 13.1 Å². The topological polar surface area (TPSA) is 58.4 Å². The minimum absolute atomic E-state index is 0.0869. The summed E-state index contributed by atoms with van der Waals surface area (Å²) in [5.41, 5.74) is 0.385. The predicted molar refractivity (Wildman–Crippen MR) is 93.2 cm³/mol. The second-order valence-corrected chi connectivity index (χ2v) is 8.47. The van der Waals surface area contributed by atoms with E-state index in [2.05, 4.69) is 18.8 Å². The van der Waals surface area contributed by atoms with Crippen molar-refractivity contribution in [1.29, 1.82) is 0 Å². The molecule has 2 fully saturated rings. The zero-order chi connectivity index (χ0) is 17.3. The Labute approximate surface area is 145 Å². The summed E-state index contributed by atoms with van der Waals surface area (Å²) in [4.78, 5) is 19.2. The highest BCUT2D eigenvalue weighted by Gasteiger charge is 2.36. The van der Waals surface area contributed by atoms with Crippen LogP contribution >= 0.6 is 0 Å². The van der Waals surface area contributed by atoms with Crippen LogP contribution in [0.4, 0.5) is 0 Å². The first kappa shape index (κ1) is 17.5. The van der Waals surface area contributed by atoms with E-state index in [1.165, 1.54) is 0 Å². The third-order valence-corrected chi connectivity index (χ3v) is 6.03. The number of aliphatic hydroxyl groups is 1. The Balaban J connectivity index is 1.61. The molecule has 3 rings (SSSR count). The van der Waals surface area contributed by atoms with Gasteiger partial charge in [-0.15, -0.1) is 0 Å². The van der Waals surface area contributed by atoms with Crippen LogP contribution in [0.1, 0.15) is 64.3 Å². The largest absolute Gasteiger partial charge is 0.385 e. The van der Waals surface area contributed by atoms with Crippen molar-refractivity contribution in [3.05, 3.63) is 18.2 Å². The van der Waals surface area contributed by atoms with E-state index in [4.69, 9.17) is 0 Å². The SMILES string of the molecule is Cn1ccnc1C(O)C1CCCN(C(=O)C2CCC(C)(C)CC2)C1. The molecule has 0 radical (unpaired) electrons. The second kappa shape index (κ2) is 6.87. The number of piperidine rings is 1. The maximum absolute atomic E-state index is 12.9. The number of carbonyl (C=O) groups is 1. The van der Waals surface area contributed by atoms with E-state index < -0.39 is 6.10 Å². The van der Waals surface area contributed by atoms with Crippen LogP contribution in [0.2, 0.25) is 0 Å². The first-order valence-corrected chi connectivity index (χ1v) is 9.31. The molecule has 1 N–H and O–H groups in total. The molecule has 1 amide bonds. The fraction of sp³-hybridized carbons (Fsp3) is 0.789. The van der Waals surface area contributed by atoms with Crippen molar-refractivity contribution in [2.24, 2.45) is 24.3 Å². The van der Waals surface area contributed by atoms with E-state index in [0.29, 0.717) is 23.7 Å². The van der Waals surface area contributed by atoms with Crippen LogP contribution < -0.4 is 0 Å². The quantitative estimate of drug-likeness (QED) is 0.925. The highest BCUT2D eigenvalue weighted by Crippen LogP contribution is 2.39. The number of nitrogens with zero attached hydrogens (tertiary/aromatic N) is 3. The van der Waals surface area contributed by atoms with Crippen LogP contribution in [-0.4, -0.2) is 38.6 Å². The van der Waals surface area contributed by atoms with E-state index in [9.17, 15) is 9.90 Å². The summed E-state index contributed by atoms with van der Waals surface area (Å²) in [5, 5.41) is 10.7. The molecular formula is C19H31N3O2. The van der Waals surface area contributed by atoms with Gasteiger partial charge in [-0.1, -0.05) is 13.8 Å². The molecule has 1 aliphatic heterocycles. The molecule has 2 unspecified atom stereocenters. The number of carbonyl (C=O) groups excluding carboxylic acids is 1. The molecular weight excluding hydrogens is 302 g/mol. The second-order valence-electron chi connectivity index (χ2n) is 8.47. The summed E-state index contributed by atoms with van der Waals surface area (Å²) in [6, 6.07) is 0. The van der Waals surface area contributed by atoms with E-state index in [1.54, 1.807) is 6.20 Å². The molecule has 2 atom stereocenters. The molecule has 1 aliphatic carbocycles. The van der Waals surface area contributed by atoms with Gasteiger partial charge in [0.1, 0.15) is 11.9 Å². The molecule has 0 spiro atoms. The highest BCUT2D eigenvalue weighted by atomic mass is 16.3. The number of hydrogen-bond acceptors (Lipinski definition) is 3. The van der Waals surface area contributed by atoms with Gasteiger partial charge in [0.25, 0.3) is 0 Å². The van der Waals surface area contributed by atoms with Crippen molar-refractivity contribution in [2.45, 2.75) is 58.5 Å². The van der Waals surface area contributed by atoms with E-state index >= 15 is 0 Å². The van der Waals surface area contributed by atoms with Crippen molar-refractivity contribution in [3.8, 4) is 0 Å². The molecule has 1 saturated carbocycles. The Morgan fingerprint density at radius 3 is 2.67 bits per heavy atom. The van der Waals surface area contributed by atoms with Gasteiger partial charge in [0, 0.05) is 44.4 Å². The maximum Gasteiger partial charge on any atom is 0.225 e. The lowest BCUT2D eigenvalue weighted by atomic mass is 9.72. The Morgan fingerprint density at radius 1 is 1.33 bits per heavy atom. The smallest absolute Gasteiger partial charge is 0.225 e. The van der Waals surface area contributed by atoms with Crippen molar-refractivity contribution >= 4 is 5.91 Å². The van der Waals surface area contributed by atoms with E-state index in [-0.39, 0.29) is 11.8 Å². The molecule has 134 valence electrons. The van der Waals surface area contributed by atoms with Crippen LogP contribution in [0.3, 0.4) is 0 Å². The zero-order valence-electron chi connectivity index (χ0n) is 15.2. The standard InChI is InChI=1S/C19H31N3O2/c1-19(2)8-6-14(7-9-19)18(24)22-11-4-5-15(13-22)16(23)17-20-10-12-21(17)3/h10,12,14-16,23H,4-9,11,13H2,1-3H3.